The van der Waals surface area contributed by atoms with E-state index < -0.39 is 11.9 Å². The van der Waals surface area contributed by atoms with Gasteiger partial charge < -0.3 is 20.1 Å². The number of esters is 1. The number of carbonyl (C=O) groups excluding carboxylic acids is 1. The quantitative estimate of drug-likeness (QED) is 0.592. The summed E-state index contributed by atoms with van der Waals surface area (Å²) < 4.78 is 5.80. The molecule has 0 fully saturated rings. The molecule has 0 spiro atoms. The number of rotatable bonds is 3. The van der Waals surface area contributed by atoms with E-state index in [0.717, 1.165) is 0 Å². The summed E-state index contributed by atoms with van der Waals surface area (Å²) in [5.74, 6) is -1.51. The minimum Gasteiger partial charge on any atom is -0.507 e. The number of phenolic OH excluding ortho intramolecular Hbond substituents is 2. The maximum atomic E-state index is 11.2. The Hall–Kier alpha value is -2.06. The molecule has 0 aliphatic heterocycles. The standard InChI is InChI=1S/C9H9BrO3.C7H5BrO3/c1-2-13-9(12)6-3-4-7(10)8(11)5-6;8-5-2-1-4(7(10)11)3-6(5)9/h3-5,11H,2H2,1H3;1-3,9H,(H,10,11). The number of aromatic hydroxyl groups is 2. The van der Waals surface area contributed by atoms with Crippen molar-refractivity contribution in [2.24, 2.45) is 0 Å². The van der Waals surface area contributed by atoms with Crippen molar-refractivity contribution in [1.29, 1.82) is 0 Å². The Kier molecular flexibility index (Phi) is 7.73. The zero-order valence-corrected chi connectivity index (χ0v) is 15.7. The monoisotopic (exact) mass is 460 g/mol. The second-order valence-corrected chi connectivity index (χ2v) is 6.07. The van der Waals surface area contributed by atoms with Crippen molar-refractivity contribution < 1.29 is 29.6 Å². The Balaban J connectivity index is 0.000000243. The number of benzene rings is 2. The number of carbonyl (C=O) groups is 2. The lowest BCUT2D eigenvalue weighted by Crippen LogP contribution is -2.03. The smallest absolute Gasteiger partial charge is 0.338 e. The molecule has 24 heavy (non-hydrogen) atoms. The number of halogens is 2. The van der Waals surface area contributed by atoms with Crippen molar-refractivity contribution in [3.63, 3.8) is 0 Å². The Morgan fingerprint density at radius 2 is 1.42 bits per heavy atom. The van der Waals surface area contributed by atoms with E-state index in [2.05, 4.69) is 31.9 Å². The average molecular weight is 462 g/mol. The van der Waals surface area contributed by atoms with Gasteiger partial charge in [0.2, 0.25) is 0 Å². The van der Waals surface area contributed by atoms with Crippen LogP contribution < -0.4 is 0 Å². The van der Waals surface area contributed by atoms with Crippen LogP contribution in [0.3, 0.4) is 0 Å². The predicted octanol–water partition coefficient (Wildman–Crippen LogP) is 4.18. The van der Waals surface area contributed by atoms with Crippen LogP contribution in [-0.2, 0) is 4.74 Å². The van der Waals surface area contributed by atoms with Gasteiger partial charge in [-0.15, -0.1) is 0 Å². The molecule has 8 heteroatoms. The molecule has 2 aromatic rings. The van der Waals surface area contributed by atoms with Crippen LogP contribution >= 0.6 is 31.9 Å². The molecule has 0 saturated heterocycles. The summed E-state index contributed by atoms with van der Waals surface area (Å²) in [4.78, 5) is 21.5. The number of hydrogen-bond donors (Lipinski definition) is 3. The molecular formula is C16H14Br2O6. The lowest BCUT2D eigenvalue weighted by molar-refractivity contribution is 0.0525. The fraction of sp³-hybridized carbons (Fsp3) is 0.125. The van der Waals surface area contributed by atoms with Gasteiger partial charge in [0.1, 0.15) is 11.5 Å². The number of ether oxygens (including phenoxy) is 1. The van der Waals surface area contributed by atoms with Crippen LogP contribution in [0.2, 0.25) is 0 Å². The molecule has 0 aromatic heterocycles. The van der Waals surface area contributed by atoms with Crippen LogP contribution in [0.5, 0.6) is 11.5 Å². The first kappa shape index (κ1) is 20.0. The second kappa shape index (κ2) is 9.29. The van der Waals surface area contributed by atoms with Gasteiger partial charge >= 0.3 is 11.9 Å². The molecule has 128 valence electrons. The summed E-state index contributed by atoms with van der Waals surface area (Å²) in [7, 11) is 0. The maximum Gasteiger partial charge on any atom is 0.338 e. The van der Waals surface area contributed by atoms with Crippen molar-refractivity contribution in [2.75, 3.05) is 6.61 Å². The first-order valence-corrected chi connectivity index (χ1v) is 8.22. The van der Waals surface area contributed by atoms with Crippen LogP contribution in [0, 0.1) is 0 Å². The number of aromatic carboxylic acids is 1. The van der Waals surface area contributed by atoms with E-state index in [9.17, 15) is 14.7 Å². The van der Waals surface area contributed by atoms with Gasteiger partial charge in [-0.1, -0.05) is 0 Å². The molecule has 2 aromatic carbocycles. The maximum absolute atomic E-state index is 11.2. The highest BCUT2D eigenvalue weighted by atomic mass is 79.9. The molecule has 0 atom stereocenters. The van der Waals surface area contributed by atoms with E-state index in [1.54, 1.807) is 19.1 Å². The van der Waals surface area contributed by atoms with Gasteiger partial charge in [0.15, 0.2) is 0 Å². The second-order valence-electron chi connectivity index (χ2n) is 4.36. The van der Waals surface area contributed by atoms with Gasteiger partial charge in [-0.05, 0) is 75.2 Å². The normalized spacial score (nSPS) is 9.62. The summed E-state index contributed by atoms with van der Waals surface area (Å²) in [5, 5.41) is 26.8. The lowest BCUT2D eigenvalue weighted by Gasteiger charge is -2.02. The highest BCUT2D eigenvalue weighted by Crippen LogP contribution is 2.25. The van der Waals surface area contributed by atoms with Crippen molar-refractivity contribution in [1.82, 2.24) is 0 Å². The third-order valence-electron chi connectivity index (χ3n) is 2.65. The largest absolute Gasteiger partial charge is 0.507 e. The van der Waals surface area contributed by atoms with Gasteiger partial charge in [-0.2, -0.15) is 0 Å². The van der Waals surface area contributed by atoms with Crippen LogP contribution in [0.4, 0.5) is 0 Å². The summed E-state index contributed by atoms with van der Waals surface area (Å²) in [5.41, 5.74) is 0.424. The van der Waals surface area contributed by atoms with Crippen molar-refractivity contribution in [3.05, 3.63) is 56.5 Å². The topological polar surface area (TPSA) is 104 Å². The zero-order chi connectivity index (χ0) is 18.3. The number of carboxylic acid groups (broad SMARTS) is 1. The first-order chi connectivity index (χ1) is 11.3. The Morgan fingerprint density at radius 1 is 0.958 bits per heavy atom. The van der Waals surface area contributed by atoms with E-state index >= 15 is 0 Å². The molecule has 3 N–H and O–H groups in total. The number of phenols is 2. The van der Waals surface area contributed by atoms with Gasteiger partial charge in [-0.3, -0.25) is 0 Å². The molecule has 0 unspecified atom stereocenters. The van der Waals surface area contributed by atoms with E-state index in [-0.39, 0.29) is 17.1 Å². The minimum absolute atomic E-state index is 0.0329. The number of carboxylic acids is 1. The predicted molar refractivity (Wildman–Crippen MR) is 94.5 cm³/mol. The third kappa shape index (κ3) is 5.86. The Bertz CT molecular complexity index is 745. The number of hydrogen-bond acceptors (Lipinski definition) is 5. The van der Waals surface area contributed by atoms with Crippen molar-refractivity contribution >= 4 is 43.8 Å². The summed E-state index contributed by atoms with van der Waals surface area (Å²) >= 11 is 6.15. The molecule has 0 bridgehead atoms. The molecule has 0 radical (unpaired) electrons. The Labute approximate surface area is 155 Å². The SMILES string of the molecule is CCOC(=O)c1ccc(Br)c(O)c1.O=C(O)c1ccc(Br)c(O)c1. The van der Waals surface area contributed by atoms with Crippen LogP contribution in [-0.4, -0.2) is 33.9 Å². The van der Waals surface area contributed by atoms with E-state index in [0.29, 0.717) is 21.1 Å². The fourth-order valence-electron chi connectivity index (χ4n) is 1.50. The fourth-order valence-corrected chi connectivity index (χ4v) is 1.99. The lowest BCUT2D eigenvalue weighted by atomic mass is 10.2. The van der Waals surface area contributed by atoms with Gasteiger partial charge in [-0.25, -0.2) is 9.59 Å². The van der Waals surface area contributed by atoms with E-state index in [1.807, 2.05) is 0 Å². The van der Waals surface area contributed by atoms with Crippen LogP contribution in [0.25, 0.3) is 0 Å². The third-order valence-corrected chi connectivity index (χ3v) is 3.99. The molecule has 0 saturated carbocycles. The van der Waals surface area contributed by atoms with Crippen LogP contribution in [0.1, 0.15) is 27.6 Å². The van der Waals surface area contributed by atoms with E-state index in [4.69, 9.17) is 14.9 Å². The van der Waals surface area contributed by atoms with Crippen molar-refractivity contribution in [3.8, 4) is 11.5 Å². The molecular weight excluding hydrogens is 448 g/mol. The molecule has 0 aliphatic carbocycles. The van der Waals surface area contributed by atoms with Gasteiger partial charge in [0.05, 0.1) is 26.7 Å². The highest BCUT2D eigenvalue weighted by Gasteiger charge is 2.08. The molecule has 0 heterocycles. The summed E-state index contributed by atoms with van der Waals surface area (Å²) in [6.07, 6.45) is 0. The highest BCUT2D eigenvalue weighted by molar-refractivity contribution is 9.10. The van der Waals surface area contributed by atoms with E-state index in [1.165, 1.54) is 24.3 Å². The first-order valence-electron chi connectivity index (χ1n) is 6.63. The Morgan fingerprint density at radius 3 is 1.83 bits per heavy atom. The molecule has 6 nitrogen and oxygen atoms in total. The molecule has 0 aliphatic rings. The van der Waals surface area contributed by atoms with Crippen molar-refractivity contribution in [2.45, 2.75) is 6.92 Å². The van der Waals surface area contributed by atoms with Crippen LogP contribution in [0.15, 0.2) is 45.3 Å². The average Bonchev–Trinajstić information content (AvgIpc) is 2.53. The molecule has 2 rings (SSSR count). The summed E-state index contributed by atoms with van der Waals surface area (Å²) in [6, 6.07) is 8.63. The van der Waals surface area contributed by atoms with Gasteiger partial charge in [0, 0.05) is 0 Å². The molecule has 0 amide bonds. The minimum atomic E-state index is -1.05. The summed E-state index contributed by atoms with van der Waals surface area (Å²) in [6.45, 7) is 2.06. The zero-order valence-electron chi connectivity index (χ0n) is 12.5. The van der Waals surface area contributed by atoms with Gasteiger partial charge in [0.25, 0.3) is 0 Å².